The highest BCUT2D eigenvalue weighted by molar-refractivity contribution is 9.09. The van der Waals surface area contributed by atoms with Crippen molar-refractivity contribution in [1.82, 2.24) is 0 Å². The predicted molar refractivity (Wildman–Crippen MR) is 44.8 cm³/mol. The Balaban J connectivity index is 4.61. The summed E-state index contributed by atoms with van der Waals surface area (Å²) in [5, 5.41) is 8.45. The number of halogens is 4. The number of carbonyl (C=O) groups excluding carboxylic acids is 1. The highest BCUT2D eigenvalue weighted by Crippen LogP contribution is 2.29. The van der Waals surface area contributed by atoms with Gasteiger partial charge >= 0.3 is 12.1 Å². The van der Waals surface area contributed by atoms with E-state index >= 15 is 0 Å². The first-order chi connectivity index (χ1) is 6.28. The number of rotatable bonds is 4. The lowest BCUT2D eigenvalue weighted by Gasteiger charge is -2.16. The van der Waals surface area contributed by atoms with E-state index in [9.17, 15) is 22.8 Å². The van der Waals surface area contributed by atoms with Gasteiger partial charge in [-0.25, -0.2) is 4.79 Å². The zero-order valence-corrected chi connectivity index (χ0v) is 8.30. The lowest BCUT2D eigenvalue weighted by molar-refractivity contribution is -0.162. The molecule has 0 radical (unpaired) electrons. The van der Waals surface area contributed by atoms with E-state index < -0.39 is 29.3 Å². The van der Waals surface area contributed by atoms with Crippen LogP contribution in [-0.2, 0) is 9.59 Å². The molecular formula is C7H6BrF3O3. The van der Waals surface area contributed by atoms with Gasteiger partial charge in [-0.05, 0) is 0 Å². The van der Waals surface area contributed by atoms with Crippen molar-refractivity contribution in [3.63, 3.8) is 0 Å². The van der Waals surface area contributed by atoms with E-state index in [4.69, 9.17) is 5.11 Å². The van der Waals surface area contributed by atoms with E-state index in [1.807, 2.05) is 0 Å². The van der Waals surface area contributed by atoms with E-state index in [0.29, 0.717) is 6.08 Å². The molecule has 0 aliphatic carbocycles. The Hall–Kier alpha value is -0.810. The van der Waals surface area contributed by atoms with Crippen LogP contribution in [0.25, 0.3) is 0 Å². The first-order valence-corrected chi connectivity index (χ1v) is 4.34. The summed E-state index contributed by atoms with van der Waals surface area (Å²) >= 11 is 2.66. The molecule has 0 aliphatic rings. The molecule has 0 saturated carbocycles. The molecule has 0 aromatic heterocycles. The quantitative estimate of drug-likeness (QED) is 0.628. The maximum Gasteiger partial charge on any atom is 0.390 e. The predicted octanol–water partition coefficient (Wildman–Crippen LogP) is 1.79. The summed E-state index contributed by atoms with van der Waals surface area (Å²) in [6, 6.07) is 0. The Morgan fingerprint density at radius 1 is 1.57 bits per heavy atom. The molecule has 0 aromatic carbocycles. The van der Waals surface area contributed by atoms with Crippen molar-refractivity contribution in [3.8, 4) is 0 Å². The van der Waals surface area contributed by atoms with Crippen molar-refractivity contribution >= 4 is 27.8 Å². The molecule has 0 saturated heterocycles. The molecule has 0 spiro atoms. The van der Waals surface area contributed by atoms with Gasteiger partial charge in [-0.3, -0.25) is 4.79 Å². The molecule has 0 rings (SSSR count). The Labute approximate surface area is 85.7 Å². The average molecular weight is 275 g/mol. The molecule has 14 heavy (non-hydrogen) atoms. The van der Waals surface area contributed by atoms with Gasteiger partial charge in [0.25, 0.3) is 0 Å². The van der Waals surface area contributed by atoms with E-state index in [-0.39, 0.29) is 0 Å². The third-order valence-corrected chi connectivity index (χ3v) is 2.28. The monoisotopic (exact) mass is 274 g/mol. The van der Waals surface area contributed by atoms with Crippen LogP contribution in [0.5, 0.6) is 0 Å². The number of allylic oxidation sites excluding steroid dienone is 1. The number of hydrogen-bond donors (Lipinski definition) is 1. The molecule has 0 aliphatic heterocycles. The third kappa shape index (κ3) is 5.04. The van der Waals surface area contributed by atoms with Crippen molar-refractivity contribution in [2.75, 3.05) is 0 Å². The van der Waals surface area contributed by atoms with Crippen molar-refractivity contribution in [1.29, 1.82) is 0 Å². The van der Waals surface area contributed by atoms with E-state index in [1.54, 1.807) is 0 Å². The standard InChI is InChI=1S/C7H6BrF3O3/c8-5(1-2-12)4(6(13)14)3-7(9,10)11/h1,4-5H,3H2,(H,13,14). The van der Waals surface area contributed by atoms with Gasteiger partial charge in [0.05, 0.1) is 17.2 Å². The zero-order valence-electron chi connectivity index (χ0n) is 6.71. The van der Waals surface area contributed by atoms with Gasteiger partial charge in [0.2, 0.25) is 0 Å². The number of carboxylic acid groups (broad SMARTS) is 1. The van der Waals surface area contributed by atoms with E-state index in [2.05, 4.69) is 15.9 Å². The van der Waals surface area contributed by atoms with Gasteiger partial charge in [-0.1, -0.05) is 15.9 Å². The highest BCUT2D eigenvalue weighted by atomic mass is 79.9. The van der Waals surface area contributed by atoms with Crippen LogP contribution in [0.2, 0.25) is 0 Å². The fourth-order valence-electron chi connectivity index (χ4n) is 0.767. The second-order valence-electron chi connectivity index (χ2n) is 2.49. The van der Waals surface area contributed by atoms with E-state index in [0.717, 1.165) is 0 Å². The third-order valence-electron chi connectivity index (χ3n) is 1.38. The Kier molecular flexibility index (Phi) is 4.87. The fourth-order valence-corrected chi connectivity index (χ4v) is 1.29. The molecule has 3 nitrogen and oxygen atoms in total. The normalized spacial score (nSPS) is 15.4. The molecule has 2 unspecified atom stereocenters. The topological polar surface area (TPSA) is 54.4 Å². The van der Waals surface area contributed by atoms with Gasteiger partial charge in [-0.2, -0.15) is 13.2 Å². The lowest BCUT2D eigenvalue weighted by Crippen LogP contribution is -2.28. The van der Waals surface area contributed by atoms with Gasteiger partial charge in [0.15, 0.2) is 0 Å². The smallest absolute Gasteiger partial charge is 0.390 e. The first-order valence-electron chi connectivity index (χ1n) is 3.42. The van der Waals surface area contributed by atoms with Crippen LogP contribution in [0.15, 0.2) is 6.08 Å². The zero-order chi connectivity index (χ0) is 11.4. The Bertz CT molecular complexity index is 257. The highest BCUT2D eigenvalue weighted by Gasteiger charge is 2.38. The van der Waals surface area contributed by atoms with Gasteiger partial charge < -0.3 is 5.11 Å². The molecular weight excluding hydrogens is 269 g/mol. The van der Waals surface area contributed by atoms with Crippen LogP contribution in [0, 0.1) is 5.92 Å². The maximum atomic E-state index is 11.9. The minimum absolute atomic E-state index is 0.699. The number of alkyl halides is 4. The number of aliphatic carboxylic acids is 1. The summed E-state index contributed by atoms with van der Waals surface area (Å²) < 4.78 is 35.6. The summed E-state index contributed by atoms with van der Waals surface area (Å²) in [6.45, 7) is 0. The number of hydrogen-bond acceptors (Lipinski definition) is 2. The largest absolute Gasteiger partial charge is 0.481 e. The minimum atomic E-state index is -4.58. The van der Waals surface area contributed by atoms with Crippen LogP contribution in [0.1, 0.15) is 6.42 Å². The van der Waals surface area contributed by atoms with Gasteiger partial charge in [-0.15, -0.1) is 0 Å². The number of carbonyl (C=O) groups is 1. The molecule has 80 valence electrons. The van der Waals surface area contributed by atoms with Crippen molar-refractivity contribution in [2.24, 2.45) is 5.92 Å². The first kappa shape index (κ1) is 13.2. The molecule has 0 heterocycles. The molecule has 0 fully saturated rings. The summed E-state index contributed by atoms with van der Waals surface area (Å²) in [4.78, 5) is 19.1. The van der Waals surface area contributed by atoms with Crippen molar-refractivity contribution < 1.29 is 27.9 Å². The molecule has 0 aromatic rings. The Morgan fingerprint density at radius 3 is 2.36 bits per heavy atom. The maximum absolute atomic E-state index is 11.9. The summed E-state index contributed by atoms with van der Waals surface area (Å²) in [7, 11) is 0. The fraction of sp³-hybridized carbons (Fsp3) is 0.571. The second-order valence-corrected chi connectivity index (χ2v) is 3.55. The summed E-state index contributed by atoms with van der Waals surface area (Å²) in [6.07, 6.45) is -5.37. The summed E-state index contributed by atoms with van der Waals surface area (Å²) in [5.74, 6) is -2.09. The van der Waals surface area contributed by atoms with Crippen molar-refractivity contribution in [3.05, 3.63) is 6.08 Å². The molecule has 0 amide bonds. The molecule has 1 N–H and O–H groups in total. The van der Waals surface area contributed by atoms with E-state index in [1.165, 1.54) is 5.94 Å². The van der Waals surface area contributed by atoms with Crippen molar-refractivity contribution in [2.45, 2.75) is 17.4 Å². The van der Waals surface area contributed by atoms with Gasteiger partial charge in [0.1, 0.15) is 5.94 Å². The Morgan fingerprint density at radius 2 is 2.07 bits per heavy atom. The van der Waals surface area contributed by atoms with Crippen LogP contribution in [-0.4, -0.2) is 28.0 Å². The lowest BCUT2D eigenvalue weighted by atomic mass is 10.0. The average Bonchev–Trinajstić information content (AvgIpc) is 1.98. The number of carboxylic acids is 1. The van der Waals surface area contributed by atoms with Crippen LogP contribution < -0.4 is 0 Å². The second kappa shape index (κ2) is 5.17. The molecule has 0 bridgehead atoms. The molecule has 7 heteroatoms. The minimum Gasteiger partial charge on any atom is -0.481 e. The van der Waals surface area contributed by atoms with Crippen LogP contribution >= 0.6 is 15.9 Å². The summed E-state index contributed by atoms with van der Waals surface area (Å²) in [5.41, 5.74) is 0. The van der Waals surface area contributed by atoms with Crippen LogP contribution in [0.3, 0.4) is 0 Å². The van der Waals surface area contributed by atoms with Crippen LogP contribution in [0.4, 0.5) is 13.2 Å². The SMILES string of the molecule is O=C=CC(Br)C(CC(F)(F)F)C(=O)O. The van der Waals surface area contributed by atoms with Gasteiger partial charge in [0, 0.05) is 6.08 Å². The molecule has 2 atom stereocenters.